The average molecular weight is 311 g/mol. The lowest BCUT2D eigenvalue weighted by molar-refractivity contribution is -0.120. The summed E-state index contributed by atoms with van der Waals surface area (Å²) >= 11 is 0. The SMILES string of the molecule is COc1ccccc1/C=N/NC(=O)CNC(=O)c1ccccc1. The highest BCUT2D eigenvalue weighted by Crippen LogP contribution is 2.14. The van der Waals surface area contributed by atoms with Crippen LogP contribution in [0.25, 0.3) is 0 Å². The molecule has 118 valence electrons. The molecular formula is C17H17N3O3. The summed E-state index contributed by atoms with van der Waals surface area (Å²) in [5, 5.41) is 6.37. The number of carbonyl (C=O) groups is 2. The summed E-state index contributed by atoms with van der Waals surface area (Å²) in [4.78, 5) is 23.4. The molecule has 0 aliphatic heterocycles. The van der Waals surface area contributed by atoms with E-state index in [4.69, 9.17) is 4.74 Å². The second-order valence-corrected chi connectivity index (χ2v) is 4.58. The summed E-state index contributed by atoms with van der Waals surface area (Å²) in [6.45, 7) is -0.156. The molecule has 6 heteroatoms. The maximum atomic E-state index is 11.8. The molecular weight excluding hydrogens is 294 g/mol. The highest BCUT2D eigenvalue weighted by molar-refractivity contribution is 5.96. The highest BCUT2D eigenvalue weighted by atomic mass is 16.5. The van der Waals surface area contributed by atoms with Crippen LogP contribution < -0.4 is 15.5 Å². The van der Waals surface area contributed by atoms with Crippen molar-refractivity contribution in [2.24, 2.45) is 5.10 Å². The Morgan fingerprint density at radius 1 is 1.09 bits per heavy atom. The van der Waals surface area contributed by atoms with Gasteiger partial charge in [-0.2, -0.15) is 5.10 Å². The van der Waals surface area contributed by atoms with Crippen molar-refractivity contribution >= 4 is 18.0 Å². The number of rotatable bonds is 6. The Hall–Kier alpha value is -3.15. The zero-order valence-electron chi connectivity index (χ0n) is 12.7. The Morgan fingerprint density at radius 3 is 2.52 bits per heavy atom. The van der Waals surface area contributed by atoms with Crippen LogP contribution in [0.15, 0.2) is 59.7 Å². The largest absolute Gasteiger partial charge is 0.496 e. The van der Waals surface area contributed by atoms with Gasteiger partial charge >= 0.3 is 0 Å². The van der Waals surface area contributed by atoms with Gasteiger partial charge < -0.3 is 10.1 Å². The van der Waals surface area contributed by atoms with Crippen molar-refractivity contribution in [3.8, 4) is 5.75 Å². The average Bonchev–Trinajstić information content (AvgIpc) is 2.61. The molecule has 2 aromatic carbocycles. The molecule has 0 aromatic heterocycles. The van der Waals surface area contributed by atoms with Crippen molar-refractivity contribution in [1.29, 1.82) is 0 Å². The van der Waals surface area contributed by atoms with Crippen LogP contribution in [0.1, 0.15) is 15.9 Å². The summed E-state index contributed by atoms with van der Waals surface area (Å²) in [7, 11) is 1.56. The first-order valence-corrected chi connectivity index (χ1v) is 6.99. The molecule has 2 amide bonds. The molecule has 2 rings (SSSR count). The molecule has 2 N–H and O–H groups in total. The minimum absolute atomic E-state index is 0.156. The number of nitrogens with one attached hydrogen (secondary N) is 2. The molecule has 0 aliphatic carbocycles. The molecule has 23 heavy (non-hydrogen) atoms. The van der Waals surface area contributed by atoms with E-state index in [0.29, 0.717) is 11.3 Å². The zero-order chi connectivity index (χ0) is 16.5. The highest BCUT2D eigenvalue weighted by Gasteiger charge is 2.06. The van der Waals surface area contributed by atoms with Crippen molar-refractivity contribution in [1.82, 2.24) is 10.7 Å². The molecule has 0 bridgehead atoms. The molecule has 0 aliphatic rings. The monoisotopic (exact) mass is 311 g/mol. The van der Waals surface area contributed by atoms with Gasteiger partial charge in [0.1, 0.15) is 5.75 Å². The normalized spacial score (nSPS) is 10.3. The molecule has 2 aromatic rings. The van der Waals surface area contributed by atoms with Crippen molar-refractivity contribution in [3.05, 3.63) is 65.7 Å². The van der Waals surface area contributed by atoms with E-state index in [1.54, 1.807) is 37.4 Å². The van der Waals surface area contributed by atoms with Crippen LogP contribution in [0, 0.1) is 0 Å². The Kier molecular flexibility index (Phi) is 5.88. The third-order valence-corrected chi connectivity index (χ3v) is 2.98. The summed E-state index contributed by atoms with van der Waals surface area (Å²) in [5.74, 6) is -0.0715. The van der Waals surface area contributed by atoms with E-state index in [1.165, 1.54) is 6.21 Å². The van der Waals surface area contributed by atoms with Crippen LogP contribution in [0.3, 0.4) is 0 Å². The predicted molar refractivity (Wildman–Crippen MR) is 87.5 cm³/mol. The fraction of sp³-hybridized carbons (Fsp3) is 0.118. The van der Waals surface area contributed by atoms with Crippen LogP contribution in [-0.2, 0) is 4.79 Å². The minimum Gasteiger partial charge on any atom is -0.496 e. The number of ether oxygens (including phenoxy) is 1. The molecule has 0 fully saturated rings. The van der Waals surface area contributed by atoms with Gasteiger partial charge in [0.15, 0.2) is 0 Å². The number of hydrogen-bond acceptors (Lipinski definition) is 4. The lowest BCUT2D eigenvalue weighted by atomic mass is 10.2. The van der Waals surface area contributed by atoms with Gasteiger partial charge in [-0.25, -0.2) is 5.43 Å². The van der Waals surface area contributed by atoms with E-state index in [1.807, 2.05) is 24.3 Å². The second-order valence-electron chi connectivity index (χ2n) is 4.58. The summed E-state index contributed by atoms with van der Waals surface area (Å²) in [5.41, 5.74) is 3.59. The molecule has 6 nitrogen and oxygen atoms in total. The number of hydrogen-bond donors (Lipinski definition) is 2. The Bertz CT molecular complexity index is 699. The van der Waals surface area contributed by atoms with Crippen molar-refractivity contribution < 1.29 is 14.3 Å². The van der Waals surface area contributed by atoms with E-state index in [0.717, 1.165) is 5.56 Å². The fourth-order valence-corrected chi connectivity index (χ4v) is 1.84. The van der Waals surface area contributed by atoms with Crippen molar-refractivity contribution in [3.63, 3.8) is 0 Å². The maximum absolute atomic E-state index is 11.8. The topological polar surface area (TPSA) is 79.8 Å². The summed E-state index contributed by atoms with van der Waals surface area (Å²) < 4.78 is 5.17. The van der Waals surface area contributed by atoms with Gasteiger partial charge in [-0.05, 0) is 24.3 Å². The third-order valence-electron chi connectivity index (χ3n) is 2.98. The van der Waals surface area contributed by atoms with E-state index in [2.05, 4.69) is 15.8 Å². The first-order chi connectivity index (χ1) is 11.2. The molecule has 0 atom stereocenters. The van der Waals surface area contributed by atoms with Gasteiger partial charge in [-0.3, -0.25) is 9.59 Å². The number of hydrazone groups is 1. The Labute approximate surface area is 134 Å². The second kappa shape index (κ2) is 8.33. The van der Waals surface area contributed by atoms with Crippen LogP contribution in [0.2, 0.25) is 0 Å². The lowest BCUT2D eigenvalue weighted by Gasteiger charge is -2.05. The van der Waals surface area contributed by atoms with Crippen molar-refractivity contribution in [2.45, 2.75) is 0 Å². The number of benzene rings is 2. The zero-order valence-corrected chi connectivity index (χ0v) is 12.7. The van der Waals surface area contributed by atoms with Gasteiger partial charge in [-0.15, -0.1) is 0 Å². The van der Waals surface area contributed by atoms with Crippen LogP contribution in [-0.4, -0.2) is 31.7 Å². The van der Waals surface area contributed by atoms with E-state index in [-0.39, 0.29) is 12.5 Å². The number of para-hydroxylation sites is 1. The summed E-state index contributed by atoms with van der Waals surface area (Å²) in [6.07, 6.45) is 1.48. The number of nitrogens with zero attached hydrogens (tertiary/aromatic N) is 1. The van der Waals surface area contributed by atoms with Gasteiger partial charge in [-0.1, -0.05) is 30.3 Å². The van der Waals surface area contributed by atoms with E-state index in [9.17, 15) is 9.59 Å². The first kappa shape index (κ1) is 16.2. The van der Waals surface area contributed by atoms with Crippen LogP contribution in [0.4, 0.5) is 0 Å². The van der Waals surface area contributed by atoms with Gasteiger partial charge in [0.2, 0.25) is 0 Å². The number of carbonyl (C=O) groups excluding carboxylic acids is 2. The maximum Gasteiger partial charge on any atom is 0.259 e. The number of amides is 2. The quantitative estimate of drug-likeness (QED) is 0.628. The van der Waals surface area contributed by atoms with E-state index < -0.39 is 5.91 Å². The van der Waals surface area contributed by atoms with Gasteiger partial charge in [0.25, 0.3) is 11.8 Å². The third kappa shape index (κ3) is 4.96. The first-order valence-electron chi connectivity index (χ1n) is 6.99. The van der Waals surface area contributed by atoms with Crippen LogP contribution in [0.5, 0.6) is 5.75 Å². The smallest absolute Gasteiger partial charge is 0.259 e. The minimum atomic E-state index is -0.416. The van der Waals surface area contributed by atoms with Gasteiger partial charge in [0.05, 0.1) is 19.9 Å². The summed E-state index contributed by atoms with van der Waals surface area (Å²) in [6, 6.07) is 16.0. The lowest BCUT2D eigenvalue weighted by Crippen LogP contribution is -2.34. The van der Waals surface area contributed by atoms with Crippen molar-refractivity contribution in [2.75, 3.05) is 13.7 Å². The molecule has 0 saturated carbocycles. The predicted octanol–water partition coefficient (Wildman–Crippen LogP) is 1.58. The molecule has 0 spiro atoms. The number of methoxy groups -OCH3 is 1. The van der Waals surface area contributed by atoms with Crippen LogP contribution >= 0.6 is 0 Å². The fourth-order valence-electron chi connectivity index (χ4n) is 1.84. The molecule has 0 heterocycles. The van der Waals surface area contributed by atoms with Gasteiger partial charge in [0, 0.05) is 11.1 Å². The standard InChI is InChI=1S/C17H17N3O3/c1-23-15-10-6-5-9-14(15)11-19-20-16(21)12-18-17(22)13-7-3-2-4-8-13/h2-11H,12H2,1H3,(H,18,22)(H,20,21)/b19-11+. The molecule has 0 saturated heterocycles. The molecule has 0 unspecified atom stereocenters. The Balaban J connectivity index is 1.81. The molecule has 0 radical (unpaired) electrons. The van der Waals surface area contributed by atoms with E-state index >= 15 is 0 Å². The Morgan fingerprint density at radius 2 is 1.78 bits per heavy atom.